The summed E-state index contributed by atoms with van der Waals surface area (Å²) in [4.78, 5) is 24.7. The molecule has 0 aromatic heterocycles. The number of hydrogen-bond donors (Lipinski definition) is 1. The number of allylic oxidation sites excluding steroid dienone is 5. The van der Waals surface area contributed by atoms with Crippen LogP contribution in [-0.4, -0.2) is 16.9 Å². The molecule has 0 heterocycles. The van der Waals surface area contributed by atoms with Crippen LogP contribution in [0.1, 0.15) is 46.3 Å². The summed E-state index contributed by atoms with van der Waals surface area (Å²) in [7, 11) is 0. The second kappa shape index (κ2) is 12.9. The third kappa shape index (κ3) is 6.98. The monoisotopic (exact) mass is 540 g/mol. The number of carboxylic acids is 1. The van der Waals surface area contributed by atoms with E-state index in [1.54, 1.807) is 6.08 Å². The zero-order valence-corrected chi connectivity index (χ0v) is 22.9. The number of Topliss-reactive ketones (excluding diaryl/α,β-unsaturated/α-hetero) is 1. The molecule has 2 unspecified atom stereocenters. The van der Waals surface area contributed by atoms with Crippen LogP contribution in [0.5, 0.6) is 5.75 Å². The van der Waals surface area contributed by atoms with E-state index in [2.05, 4.69) is 24.3 Å². The van der Waals surface area contributed by atoms with Gasteiger partial charge in [-0.2, -0.15) is 0 Å². The molecule has 1 aliphatic rings. The van der Waals surface area contributed by atoms with Gasteiger partial charge in [0.15, 0.2) is 5.78 Å². The van der Waals surface area contributed by atoms with Crippen molar-refractivity contribution in [2.24, 2.45) is 5.92 Å². The molecule has 0 radical (unpaired) electrons. The lowest BCUT2D eigenvalue weighted by Gasteiger charge is -2.13. The first-order valence-corrected chi connectivity index (χ1v) is 13.7. The van der Waals surface area contributed by atoms with Crippen LogP contribution >= 0.6 is 0 Å². The molecule has 1 N–H and O–H groups in total. The van der Waals surface area contributed by atoms with Gasteiger partial charge in [0.2, 0.25) is 0 Å². The number of rotatable bonds is 10. The average molecular weight is 541 g/mol. The minimum absolute atomic E-state index is 0.106. The maximum absolute atomic E-state index is 12.8. The topological polar surface area (TPSA) is 63.6 Å². The molecule has 4 nitrogen and oxygen atoms in total. The molecule has 0 spiro atoms. The number of carboxylic acid groups (broad SMARTS) is 1. The van der Waals surface area contributed by atoms with E-state index in [0.29, 0.717) is 17.9 Å². The van der Waals surface area contributed by atoms with Gasteiger partial charge in [-0.25, -0.2) is 0 Å². The highest BCUT2D eigenvalue weighted by Crippen LogP contribution is 2.27. The predicted molar refractivity (Wildman–Crippen MR) is 164 cm³/mol. The quantitative estimate of drug-likeness (QED) is 0.205. The number of hydrogen-bond acceptors (Lipinski definition) is 3. The first-order chi connectivity index (χ1) is 20.0. The summed E-state index contributed by atoms with van der Waals surface area (Å²) >= 11 is 0. The largest absolute Gasteiger partial charge is 0.489 e. The Balaban J connectivity index is 1.21. The van der Waals surface area contributed by atoms with Crippen molar-refractivity contribution in [3.8, 4) is 16.9 Å². The molecule has 41 heavy (non-hydrogen) atoms. The normalized spacial score (nSPS) is 15.3. The smallest absolute Gasteiger partial charge is 0.314 e. The molecule has 5 rings (SSSR count). The van der Waals surface area contributed by atoms with Gasteiger partial charge in [-0.15, -0.1) is 0 Å². The Morgan fingerprint density at radius 2 is 1.56 bits per heavy atom. The van der Waals surface area contributed by atoms with Crippen LogP contribution in [0.4, 0.5) is 0 Å². The van der Waals surface area contributed by atoms with Crippen molar-refractivity contribution in [3.05, 3.63) is 156 Å². The van der Waals surface area contributed by atoms with Crippen molar-refractivity contribution >= 4 is 17.3 Å². The van der Waals surface area contributed by atoms with Crippen LogP contribution in [0.2, 0.25) is 0 Å². The summed E-state index contributed by atoms with van der Waals surface area (Å²) in [5.41, 5.74) is 6.50. The van der Waals surface area contributed by atoms with Crippen molar-refractivity contribution in [1.29, 1.82) is 0 Å². The van der Waals surface area contributed by atoms with Crippen LogP contribution in [0.15, 0.2) is 134 Å². The number of ether oxygens (including phenoxy) is 1. The molecule has 4 aromatic carbocycles. The summed E-state index contributed by atoms with van der Waals surface area (Å²) in [6.45, 7) is 2.34. The predicted octanol–water partition coefficient (Wildman–Crippen LogP) is 8.52. The van der Waals surface area contributed by atoms with E-state index in [-0.39, 0.29) is 11.7 Å². The highest BCUT2D eigenvalue weighted by molar-refractivity contribution is 5.99. The SMILES string of the molecule is C/C(=C\C(C(=O)O)c1ccccc1)c1ccc(-c2ccc(COc3cccc(C(=O)C4C=CC=CC4)c3)cc2)cc1. The summed E-state index contributed by atoms with van der Waals surface area (Å²) in [6, 6.07) is 33.0. The van der Waals surface area contributed by atoms with E-state index in [1.165, 1.54) is 0 Å². The van der Waals surface area contributed by atoms with Gasteiger partial charge in [0, 0.05) is 11.5 Å². The molecule has 0 saturated heterocycles. The van der Waals surface area contributed by atoms with Gasteiger partial charge in [-0.05, 0) is 58.9 Å². The van der Waals surface area contributed by atoms with Crippen LogP contribution in [0.3, 0.4) is 0 Å². The van der Waals surface area contributed by atoms with Crippen molar-refractivity contribution in [2.45, 2.75) is 25.9 Å². The van der Waals surface area contributed by atoms with Crippen molar-refractivity contribution in [1.82, 2.24) is 0 Å². The van der Waals surface area contributed by atoms with Crippen LogP contribution in [0, 0.1) is 5.92 Å². The highest BCUT2D eigenvalue weighted by Gasteiger charge is 2.18. The molecule has 4 aromatic rings. The molecule has 204 valence electrons. The number of carbonyl (C=O) groups is 2. The fourth-order valence-electron chi connectivity index (χ4n) is 4.93. The first-order valence-electron chi connectivity index (χ1n) is 13.7. The molecule has 0 amide bonds. The minimum atomic E-state index is -0.869. The number of carbonyl (C=O) groups excluding carboxylic acids is 1. The summed E-state index contributed by atoms with van der Waals surface area (Å²) in [5.74, 6) is -0.901. The van der Waals surface area contributed by atoms with Crippen LogP contribution in [0.25, 0.3) is 16.7 Å². The molecular formula is C37H32O4. The maximum Gasteiger partial charge on any atom is 0.314 e. The van der Waals surface area contributed by atoms with Gasteiger partial charge in [0.1, 0.15) is 18.3 Å². The molecular weight excluding hydrogens is 508 g/mol. The molecule has 2 atom stereocenters. The lowest BCUT2D eigenvalue weighted by Crippen LogP contribution is -2.13. The maximum atomic E-state index is 12.8. The van der Waals surface area contributed by atoms with Gasteiger partial charge >= 0.3 is 5.97 Å². The van der Waals surface area contributed by atoms with Crippen LogP contribution in [-0.2, 0) is 11.4 Å². The number of ketones is 1. The fourth-order valence-corrected chi connectivity index (χ4v) is 4.93. The standard InChI is InChI=1S/C37H32O4/c1-26(23-35(37(39)40)31-9-4-2-5-10-31)28-19-21-30(22-20-28)29-17-15-27(16-18-29)25-41-34-14-8-13-33(24-34)36(38)32-11-6-3-7-12-32/h2-11,13-24,32,35H,12,25H2,1H3,(H,39,40)/b26-23+. The van der Waals surface area contributed by atoms with E-state index in [9.17, 15) is 14.7 Å². The van der Waals surface area contributed by atoms with Crippen molar-refractivity contribution < 1.29 is 19.4 Å². The second-order valence-electron chi connectivity index (χ2n) is 10.2. The van der Waals surface area contributed by atoms with E-state index in [4.69, 9.17) is 4.74 Å². The average Bonchev–Trinajstić information content (AvgIpc) is 3.03. The zero-order valence-electron chi connectivity index (χ0n) is 22.9. The zero-order chi connectivity index (χ0) is 28.6. The minimum Gasteiger partial charge on any atom is -0.489 e. The first kappa shape index (κ1) is 27.6. The van der Waals surface area contributed by atoms with Gasteiger partial charge in [-0.3, -0.25) is 9.59 Å². The van der Waals surface area contributed by atoms with E-state index in [1.807, 2.05) is 110 Å². The third-order valence-corrected chi connectivity index (χ3v) is 7.31. The second-order valence-corrected chi connectivity index (χ2v) is 10.2. The van der Waals surface area contributed by atoms with Gasteiger partial charge in [-0.1, -0.05) is 121 Å². The Bertz CT molecular complexity index is 1590. The van der Waals surface area contributed by atoms with Crippen molar-refractivity contribution in [3.63, 3.8) is 0 Å². The molecule has 1 aliphatic carbocycles. The molecule has 0 fully saturated rings. The van der Waals surface area contributed by atoms with Gasteiger partial charge in [0.25, 0.3) is 0 Å². The van der Waals surface area contributed by atoms with E-state index in [0.717, 1.165) is 39.8 Å². The molecule has 4 heteroatoms. The Kier molecular flexibility index (Phi) is 8.70. The Labute approximate surface area is 241 Å². The Morgan fingerprint density at radius 3 is 2.22 bits per heavy atom. The molecule has 0 aliphatic heterocycles. The summed E-state index contributed by atoms with van der Waals surface area (Å²) < 4.78 is 6.01. The summed E-state index contributed by atoms with van der Waals surface area (Å²) in [5, 5.41) is 9.75. The van der Waals surface area contributed by atoms with Gasteiger partial charge < -0.3 is 9.84 Å². The lowest BCUT2D eigenvalue weighted by atomic mass is 9.92. The van der Waals surface area contributed by atoms with E-state index >= 15 is 0 Å². The lowest BCUT2D eigenvalue weighted by molar-refractivity contribution is -0.137. The van der Waals surface area contributed by atoms with E-state index < -0.39 is 11.9 Å². The Hall–Kier alpha value is -4.96. The molecule has 0 bridgehead atoms. The Morgan fingerprint density at radius 1 is 0.854 bits per heavy atom. The summed E-state index contributed by atoms with van der Waals surface area (Å²) in [6.07, 6.45) is 10.4. The van der Waals surface area contributed by atoms with Crippen LogP contribution < -0.4 is 4.74 Å². The number of benzene rings is 4. The van der Waals surface area contributed by atoms with Gasteiger partial charge in [0.05, 0.1) is 0 Å². The van der Waals surface area contributed by atoms with Crippen molar-refractivity contribution in [2.75, 3.05) is 0 Å². The molecule has 0 saturated carbocycles. The number of aliphatic carboxylic acids is 1. The fraction of sp³-hybridized carbons (Fsp3) is 0.135. The third-order valence-electron chi connectivity index (χ3n) is 7.31. The highest BCUT2D eigenvalue weighted by atomic mass is 16.5.